The SMILES string of the molecule is COc1ccc(C(=O)N2CCc3c(c(-c4ncc(C)o4)nn3CC(C)C)C2)c(C)c1. The lowest BCUT2D eigenvalue weighted by Gasteiger charge is -2.28. The third kappa shape index (κ3) is 3.72. The molecule has 2 aromatic heterocycles. The summed E-state index contributed by atoms with van der Waals surface area (Å²) in [6.07, 6.45) is 2.46. The fourth-order valence-electron chi connectivity index (χ4n) is 3.97. The smallest absolute Gasteiger partial charge is 0.254 e. The molecule has 0 atom stereocenters. The normalized spacial score (nSPS) is 13.6. The van der Waals surface area contributed by atoms with E-state index >= 15 is 0 Å². The maximum Gasteiger partial charge on any atom is 0.254 e. The van der Waals surface area contributed by atoms with Crippen molar-refractivity contribution in [3.8, 4) is 17.3 Å². The third-order valence-electron chi connectivity index (χ3n) is 5.45. The molecular weight excluding hydrogens is 380 g/mol. The quantitative estimate of drug-likeness (QED) is 0.638. The van der Waals surface area contributed by atoms with E-state index in [9.17, 15) is 4.79 Å². The summed E-state index contributed by atoms with van der Waals surface area (Å²) in [6.45, 7) is 10.1. The Labute approximate surface area is 176 Å². The summed E-state index contributed by atoms with van der Waals surface area (Å²) < 4.78 is 13.1. The number of fused-ring (bicyclic) bond motifs is 1. The highest BCUT2D eigenvalue weighted by atomic mass is 16.5. The minimum atomic E-state index is 0.0203. The molecule has 1 aliphatic heterocycles. The number of benzene rings is 1. The van der Waals surface area contributed by atoms with Gasteiger partial charge in [0.25, 0.3) is 5.91 Å². The summed E-state index contributed by atoms with van der Waals surface area (Å²) in [5, 5.41) is 4.83. The van der Waals surface area contributed by atoms with Crippen LogP contribution in [-0.4, -0.2) is 39.2 Å². The molecule has 3 heterocycles. The van der Waals surface area contributed by atoms with Crippen molar-refractivity contribution in [1.29, 1.82) is 0 Å². The van der Waals surface area contributed by atoms with Gasteiger partial charge in [0.1, 0.15) is 11.5 Å². The summed E-state index contributed by atoms with van der Waals surface area (Å²) in [7, 11) is 1.63. The van der Waals surface area contributed by atoms with Crippen LogP contribution in [0.15, 0.2) is 28.8 Å². The van der Waals surface area contributed by atoms with E-state index in [0.29, 0.717) is 30.5 Å². The Morgan fingerprint density at radius 2 is 2.10 bits per heavy atom. The molecule has 0 saturated carbocycles. The van der Waals surface area contributed by atoms with Crippen LogP contribution in [0.5, 0.6) is 5.75 Å². The lowest BCUT2D eigenvalue weighted by Crippen LogP contribution is -2.37. The minimum absolute atomic E-state index is 0.0203. The van der Waals surface area contributed by atoms with E-state index in [1.54, 1.807) is 13.3 Å². The fraction of sp³-hybridized carbons (Fsp3) is 0.435. The number of ether oxygens (including phenoxy) is 1. The second-order valence-electron chi connectivity index (χ2n) is 8.28. The van der Waals surface area contributed by atoms with Gasteiger partial charge in [-0.1, -0.05) is 13.8 Å². The Morgan fingerprint density at radius 1 is 1.30 bits per heavy atom. The van der Waals surface area contributed by atoms with Crippen molar-refractivity contribution < 1.29 is 13.9 Å². The lowest BCUT2D eigenvalue weighted by atomic mass is 10.0. The molecule has 7 nitrogen and oxygen atoms in total. The number of aryl methyl sites for hydroxylation is 2. The second-order valence-corrected chi connectivity index (χ2v) is 8.28. The van der Waals surface area contributed by atoms with E-state index < -0.39 is 0 Å². The lowest BCUT2D eigenvalue weighted by molar-refractivity contribution is 0.0732. The molecule has 0 saturated heterocycles. The number of hydrogen-bond acceptors (Lipinski definition) is 5. The van der Waals surface area contributed by atoms with E-state index in [1.807, 2.05) is 36.9 Å². The van der Waals surface area contributed by atoms with Gasteiger partial charge in [0.15, 0.2) is 5.69 Å². The predicted molar refractivity (Wildman–Crippen MR) is 113 cm³/mol. The van der Waals surface area contributed by atoms with Crippen LogP contribution >= 0.6 is 0 Å². The van der Waals surface area contributed by atoms with E-state index in [1.165, 1.54) is 5.69 Å². The summed E-state index contributed by atoms with van der Waals surface area (Å²) in [5.41, 5.74) is 4.54. The highest BCUT2D eigenvalue weighted by Gasteiger charge is 2.30. The van der Waals surface area contributed by atoms with Crippen molar-refractivity contribution in [1.82, 2.24) is 19.7 Å². The zero-order chi connectivity index (χ0) is 21.4. The van der Waals surface area contributed by atoms with E-state index in [0.717, 1.165) is 41.3 Å². The van der Waals surface area contributed by atoms with Gasteiger partial charge < -0.3 is 14.1 Å². The first-order valence-electron chi connectivity index (χ1n) is 10.3. The summed E-state index contributed by atoms with van der Waals surface area (Å²) in [5.74, 6) is 2.50. The standard InChI is InChI=1S/C23H28N4O3/c1-14(2)12-27-20-8-9-26(23(28)18-7-6-17(29-5)10-15(18)3)13-19(20)21(25-27)22-24-11-16(4)30-22/h6-7,10-11,14H,8-9,12-13H2,1-5H3. The molecule has 0 unspecified atom stereocenters. The first-order chi connectivity index (χ1) is 14.4. The van der Waals surface area contributed by atoms with Crippen LogP contribution in [0, 0.1) is 19.8 Å². The zero-order valence-electron chi connectivity index (χ0n) is 18.2. The van der Waals surface area contributed by atoms with Crippen molar-refractivity contribution in [3.05, 3.63) is 52.5 Å². The molecule has 0 aliphatic carbocycles. The van der Waals surface area contributed by atoms with Crippen molar-refractivity contribution in [3.63, 3.8) is 0 Å². The molecule has 30 heavy (non-hydrogen) atoms. The number of carbonyl (C=O) groups is 1. The summed E-state index contributed by atoms with van der Waals surface area (Å²) >= 11 is 0. The van der Waals surface area contributed by atoms with Crippen LogP contribution in [0.2, 0.25) is 0 Å². The molecule has 7 heteroatoms. The molecule has 0 fully saturated rings. The number of carbonyl (C=O) groups excluding carboxylic acids is 1. The number of nitrogens with zero attached hydrogens (tertiary/aromatic N) is 4. The topological polar surface area (TPSA) is 73.4 Å². The Bertz CT molecular complexity index is 1080. The van der Waals surface area contributed by atoms with Crippen LogP contribution in [0.1, 0.15) is 46.8 Å². The first-order valence-corrected chi connectivity index (χ1v) is 10.3. The van der Waals surface area contributed by atoms with Crippen LogP contribution < -0.4 is 4.74 Å². The molecule has 1 amide bonds. The van der Waals surface area contributed by atoms with Crippen molar-refractivity contribution in [2.75, 3.05) is 13.7 Å². The predicted octanol–water partition coefficient (Wildman–Crippen LogP) is 4.02. The van der Waals surface area contributed by atoms with Gasteiger partial charge in [-0.05, 0) is 43.5 Å². The monoisotopic (exact) mass is 408 g/mol. The first kappa shape index (κ1) is 20.2. The van der Waals surface area contributed by atoms with Crippen molar-refractivity contribution in [2.24, 2.45) is 5.92 Å². The average Bonchev–Trinajstić information content (AvgIpc) is 3.30. The number of oxazole rings is 1. The van der Waals surface area contributed by atoms with Gasteiger partial charge in [-0.2, -0.15) is 5.10 Å². The molecule has 0 spiro atoms. The fourth-order valence-corrected chi connectivity index (χ4v) is 3.97. The maximum atomic E-state index is 13.3. The highest BCUT2D eigenvalue weighted by Crippen LogP contribution is 2.31. The Balaban J connectivity index is 1.68. The number of hydrogen-bond donors (Lipinski definition) is 0. The zero-order valence-corrected chi connectivity index (χ0v) is 18.2. The maximum absolute atomic E-state index is 13.3. The second kappa shape index (κ2) is 7.97. The third-order valence-corrected chi connectivity index (χ3v) is 5.45. The largest absolute Gasteiger partial charge is 0.497 e. The molecule has 0 radical (unpaired) electrons. The molecule has 1 aliphatic rings. The van der Waals surface area contributed by atoms with Crippen molar-refractivity contribution in [2.45, 2.75) is 47.2 Å². The van der Waals surface area contributed by atoms with Gasteiger partial charge in [0.05, 0.1) is 19.9 Å². The molecule has 0 N–H and O–H groups in total. The number of rotatable bonds is 5. The van der Waals surface area contributed by atoms with Crippen LogP contribution in [0.4, 0.5) is 0 Å². The molecule has 1 aromatic carbocycles. The van der Waals surface area contributed by atoms with Crippen LogP contribution in [0.25, 0.3) is 11.6 Å². The number of amides is 1. The Hall–Kier alpha value is -3.09. The molecule has 0 bridgehead atoms. The number of methoxy groups -OCH3 is 1. The molecular formula is C23H28N4O3. The Morgan fingerprint density at radius 3 is 2.73 bits per heavy atom. The van der Waals surface area contributed by atoms with Gasteiger partial charge >= 0.3 is 0 Å². The average molecular weight is 409 g/mol. The minimum Gasteiger partial charge on any atom is -0.497 e. The van der Waals surface area contributed by atoms with E-state index in [-0.39, 0.29) is 5.91 Å². The summed E-state index contributed by atoms with van der Waals surface area (Å²) in [6, 6.07) is 5.56. The molecule has 3 aromatic rings. The molecule has 158 valence electrons. The van der Waals surface area contributed by atoms with E-state index in [4.69, 9.17) is 14.3 Å². The van der Waals surface area contributed by atoms with Gasteiger partial charge in [-0.15, -0.1) is 0 Å². The van der Waals surface area contributed by atoms with Gasteiger partial charge in [-0.3, -0.25) is 9.48 Å². The van der Waals surface area contributed by atoms with Gasteiger partial charge in [-0.25, -0.2) is 4.98 Å². The van der Waals surface area contributed by atoms with Crippen molar-refractivity contribution >= 4 is 5.91 Å². The van der Waals surface area contributed by atoms with Crippen LogP contribution in [0.3, 0.4) is 0 Å². The van der Waals surface area contributed by atoms with Gasteiger partial charge in [0, 0.05) is 36.3 Å². The van der Waals surface area contributed by atoms with Gasteiger partial charge in [0.2, 0.25) is 5.89 Å². The number of aromatic nitrogens is 3. The summed E-state index contributed by atoms with van der Waals surface area (Å²) in [4.78, 5) is 19.6. The Kier molecular flexibility index (Phi) is 5.37. The van der Waals surface area contributed by atoms with Crippen LogP contribution in [-0.2, 0) is 19.5 Å². The molecule has 4 rings (SSSR count). The van der Waals surface area contributed by atoms with E-state index in [2.05, 4.69) is 23.5 Å². The highest BCUT2D eigenvalue weighted by molar-refractivity contribution is 5.96.